The molecule has 176 valence electrons. The minimum absolute atomic E-state index is 0.119. The van der Waals surface area contributed by atoms with Crippen LogP contribution in [0.5, 0.6) is 11.5 Å². The molecule has 0 spiro atoms. The van der Waals surface area contributed by atoms with E-state index in [1.165, 1.54) is 11.3 Å². The molecule has 1 atom stereocenters. The lowest BCUT2D eigenvalue weighted by atomic mass is 10.0. The van der Waals surface area contributed by atoms with E-state index >= 15 is 0 Å². The lowest BCUT2D eigenvalue weighted by Crippen LogP contribution is -2.36. The van der Waals surface area contributed by atoms with Crippen molar-refractivity contribution in [3.05, 3.63) is 119 Å². The van der Waals surface area contributed by atoms with Gasteiger partial charge >= 0.3 is 0 Å². The third-order valence-corrected chi connectivity index (χ3v) is 7.57. The van der Waals surface area contributed by atoms with Crippen LogP contribution in [0.25, 0.3) is 11.8 Å². The van der Waals surface area contributed by atoms with Crippen molar-refractivity contribution in [1.29, 1.82) is 0 Å². The third-order valence-electron chi connectivity index (χ3n) is 5.72. The molecule has 5 nitrogen and oxygen atoms in total. The van der Waals surface area contributed by atoms with E-state index in [0.29, 0.717) is 25.9 Å². The summed E-state index contributed by atoms with van der Waals surface area (Å²) in [6.07, 6.45) is 3.85. The van der Waals surface area contributed by atoms with Crippen LogP contribution in [-0.4, -0.2) is 18.8 Å². The summed E-state index contributed by atoms with van der Waals surface area (Å²) < 4.78 is 14.0. The largest absolute Gasteiger partial charge is 0.496 e. The smallest absolute Gasteiger partial charge is 0.271 e. The molecule has 1 aliphatic rings. The van der Waals surface area contributed by atoms with E-state index < -0.39 is 0 Å². The van der Waals surface area contributed by atoms with Crippen molar-refractivity contribution >= 4 is 50.6 Å². The first kappa shape index (κ1) is 23.6. The van der Waals surface area contributed by atoms with E-state index in [0.717, 1.165) is 26.9 Å². The van der Waals surface area contributed by atoms with Gasteiger partial charge in [0, 0.05) is 16.7 Å². The van der Waals surface area contributed by atoms with Gasteiger partial charge in [0.05, 0.1) is 35.0 Å². The van der Waals surface area contributed by atoms with Crippen LogP contribution in [0.15, 0.2) is 87.1 Å². The summed E-state index contributed by atoms with van der Waals surface area (Å²) in [5, 5.41) is 0.644. The first-order valence-corrected chi connectivity index (χ1v) is 12.7. The minimum atomic E-state index is -0.314. The van der Waals surface area contributed by atoms with Crippen LogP contribution in [0.1, 0.15) is 22.7 Å². The Bertz CT molecular complexity index is 1610. The van der Waals surface area contributed by atoms with Crippen LogP contribution in [0, 0.1) is 0 Å². The second kappa shape index (κ2) is 9.85. The molecule has 1 unspecified atom stereocenters. The standard InChI is InChI=1S/C27H20BrClN2O3S/c1-33-23-15-24(34-2)20(28)12-18(23)13-25-26(32)31-22(17-8-10-19(29)11-9-17)14-21(30-27(31)35-25)16-6-4-3-5-7-16/h3-15,22H,1-2H3. The average molecular weight is 568 g/mol. The van der Waals surface area contributed by atoms with Crippen LogP contribution < -0.4 is 24.4 Å². The second-order valence-electron chi connectivity index (χ2n) is 7.82. The average Bonchev–Trinajstić information content (AvgIpc) is 3.19. The van der Waals surface area contributed by atoms with Gasteiger partial charge in [-0.25, -0.2) is 4.99 Å². The molecular weight excluding hydrogens is 548 g/mol. The highest BCUT2D eigenvalue weighted by Crippen LogP contribution is 2.33. The Kier molecular flexibility index (Phi) is 6.65. The van der Waals surface area contributed by atoms with Crippen molar-refractivity contribution in [2.24, 2.45) is 4.99 Å². The molecule has 5 rings (SSSR count). The summed E-state index contributed by atoms with van der Waals surface area (Å²) in [5.41, 5.74) is 3.41. The van der Waals surface area contributed by atoms with Gasteiger partial charge in [-0.05, 0) is 57.4 Å². The predicted molar refractivity (Wildman–Crippen MR) is 144 cm³/mol. The number of aromatic nitrogens is 1. The van der Waals surface area contributed by atoms with Gasteiger partial charge in [0.2, 0.25) is 0 Å². The maximum atomic E-state index is 13.7. The SMILES string of the molecule is COc1cc(OC)c(C=c2sc3n(c2=O)C(c2ccc(Cl)cc2)C=C(c2ccccc2)N=3)cc1Br. The number of allylic oxidation sites excluding steroid dienone is 1. The molecule has 1 aliphatic heterocycles. The van der Waals surface area contributed by atoms with Gasteiger partial charge in [-0.2, -0.15) is 0 Å². The highest BCUT2D eigenvalue weighted by molar-refractivity contribution is 9.10. The van der Waals surface area contributed by atoms with Crippen LogP contribution >= 0.6 is 38.9 Å². The van der Waals surface area contributed by atoms with E-state index in [9.17, 15) is 4.79 Å². The quantitative estimate of drug-likeness (QED) is 0.323. The van der Waals surface area contributed by atoms with Crippen molar-refractivity contribution in [1.82, 2.24) is 4.57 Å². The second-order valence-corrected chi connectivity index (χ2v) is 10.1. The first-order valence-electron chi connectivity index (χ1n) is 10.7. The fourth-order valence-corrected chi connectivity index (χ4v) is 5.64. The summed E-state index contributed by atoms with van der Waals surface area (Å²) in [7, 11) is 3.19. The number of thiazole rings is 1. The molecule has 35 heavy (non-hydrogen) atoms. The Labute approximate surface area is 219 Å². The normalized spacial score (nSPS) is 15.3. The molecule has 4 aromatic rings. The molecule has 0 fully saturated rings. The molecule has 3 aromatic carbocycles. The van der Waals surface area contributed by atoms with Gasteiger partial charge in [-0.3, -0.25) is 9.36 Å². The molecule has 0 N–H and O–H groups in total. The van der Waals surface area contributed by atoms with E-state index in [1.807, 2.05) is 72.8 Å². The number of fused-ring (bicyclic) bond motifs is 1. The fourth-order valence-electron chi connectivity index (χ4n) is 3.99. The van der Waals surface area contributed by atoms with Gasteiger partial charge in [-0.1, -0.05) is 65.4 Å². The maximum absolute atomic E-state index is 13.7. The molecule has 0 saturated carbocycles. The van der Waals surface area contributed by atoms with E-state index in [-0.39, 0.29) is 11.6 Å². The Morgan fingerprint density at radius 1 is 1.03 bits per heavy atom. The third kappa shape index (κ3) is 4.59. The van der Waals surface area contributed by atoms with Crippen LogP contribution in [0.2, 0.25) is 5.02 Å². The molecule has 8 heteroatoms. The molecule has 0 bridgehead atoms. The summed E-state index contributed by atoms with van der Waals surface area (Å²) in [6.45, 7) is 0. The highest BCUT2D eigenvalue weighted by Gasteiger charge is 2.22. The summed E-state index contributed by atoms with van der Waals surface area (Å²) in [6, 6.07) is 20.9. The van der Waals surface area contributed by atoms with Crippen molar-refractivity contribution in [2.75, 3.05) is 14.2 Å². The summed E-state index contributed by atoms with van der Waals surface area (Å²) in [5.74, 6) is 1.26. The van der Waals surface area contributed by atoms with E-state index in [1.54, 1.807) is 24.9 Å². The maximum Gasteiger partial charge on any atom is 0.271 e. The molecule has 0 radical (unpaired) electrons. The van der Waals surface area contributed by atoms with Crippen molar-refractivity contribution in [3.63, 3.8) is 0 Å². The number of methoxy groups -OCH3 is 2. The molecular formula is C27H20BrClN2O3S. The van der Waals surface area contributed by atoms with E-state index in [2.05, 4.69) is 15.9 Å². The van der Waals surface area contributed by atoms with E-state index in [4.69, 9.17) is 26.1 Å². The van der Waals surface area contributed by atoms with Gasteiger partial charge < -0.3 is 9.47 Å². The van der Waals surface area contributed by atoms with Crippen LogP contribution in [0.3, 0.4) is 0 Å². The van der Waals surface area contributed by atoms with Crippen LogP contribution in [0.4, 0.5) is 0 Å². The van der Waals surface area contributed by atoms with Gasteiger partial charge in [0.1, 0.15) is 11.5 Å². The first-order chi connectivity index (χ1) is 17.0. The predicted octanol–water partition coefficient (Wildman–Crippen LogP) is 5.44. The van der Waals surface area contributed by atoms with Gasteiger partial charge in [0.15, 0.2) is 4.80 Å². The van der Waals surface area contributed by atoms with Crippen molar-refractivity contribution in [2.45, 2.75) is 6.04 Å². The van der Waals surface area contributed by atoms with Gasteiger partial charge in [-0.15, -0.1) is 0 Å². The number of nitrogens with zero attached hydrogens (tertiary/aromatic N) is 2. The number of hydrogen-bond donors (Lipinski definition) is 0. The van der Waals surface area contributed by atoms with Crippen molar-refractivity contribution < 1.29 is 9.47 Å². The Balaban J connectivity index is 1.73. The minimum Gasteiger partial charge on any atom is -0.496 e. The zero-order valence-electron chi connectivity index (χ0n) is 18.9. The Hall–Kier alpha value is -3.13. The number of benzene rings is 3. The number of halogens is 2. The Morgan fingerprint density at radius 2 is 1.74 bits per heavy atom. The lowest BCUT2D eigenvalue weighted by molar-refractivity contribution is 0.392. The molecule has 0 saturated heterocycles. The number of hydrogen-bond acceptors (Lipinski definition) is 5. The lowest BCUT2D eigenvalue weighted by Gasteiger charge is -2.19. The number of ether oxygens (including phenoxy) is 2. The molecule has 1 aromatic heterocycles. The van der Waals surface area contributed by atoms with Gasteiger partial charge in [0.25, 0.3) is 5.56 Å². The highest BCUT2D eigenvalue weighted by atomic mass is 79.9. The van der Waals surface area contributed by atoms with Crippen molar-refractivity contribution in [3.8, 4) is 11.5 Å². The molecule has 0 aliphatic carbocycles. The summed E-state index contributed by atoms with van der Waals surface area (Å²) in [4.78, 5) is 19.2. The zero-order valence-corrected chi connectivity index (χ0v) is 22.0. The molecule has 2 heterocycles. The number of rotatable bonds is 5. The Morgan fingerprint density at radius 3 is 2.43 bits per heavy atom. The topological polar surface area (TPSA) is 52.8 Å². The zero-order chi connectivity index (χ0) is 24.5. The summed E-state index contributed by atoms with van der Waals surface area (Å²) >= 11 is 11.0. The van der Waals surface area contributed by atoms with Crippen LogP contribution in [-0.2, 0) is 0 Å². The molecule has 0 amide bonds. The fraction of sp³-hybridized carbons (Fsp3) is 0.111. The monoisotopic (exact) mass is 566 g/mol.